The van der Waals surface area contributed by atoms with Crippen molar-refractivity contribution in [1.82, 2.24) is 0 Å². The molecule has 0 heterocycles. The van der Waals surface area contributed by atoms with Crippen LogP contribution in [0.1, 0.15) is 41.5 Å². The zero-order valence-corrected chi connectivity index (χ0v) is 23.9. The van der Waals surface area contributed by atoms with Crippen LogP contribution in [0.5, 0.6) is 0 Å². The summed E-state index contributed by atoms with van der Waals surface area (Å²) >= 11 is 0. The van der Waals surface area contributed by atoms with Gasteiger partial charge in [0, 0.05) is 41.5 Å². The van der Waals surface area contributed by atoms with E-state index in [1.54, 1.807) is 0 Å². The van der Waals surface area contributed by atoms with E-state index in [1.807, 2.05) is 0 Å². The molecule has 0 aromatic carbocycles. The number of carbonyl (C=O) groups is 6. The van der Waals surface area contributed by atoms with Gasteiger partial charge in [-0.15, -0.1) is 0 Å². The van der Waals surface area contributed by atoms with Crippen LogP contribution in [0.4, 0.5) is 0 Å². The molecule has 0 amide bonds. The SMILES string of the molecule is CC(=O)O.CC(=O)O.CC(=O)O.CC(=O)O.CC(=O)O.CC(=O)O.OCC(CO)(CO)COCC(CO)(CO)CO. The Labute approximate surface area is 236 Å². The minimum atomic E-state index is -1.16. The van der Waals surface area contributed by atoms with Crippen molar-refractivity contribution in [2.24, 2.45) is 10.8 Å². The Kier molecular flexibility index (Phi) is 47.9. The second-order valence-corrected chi connectivity index (χ2v) is 7.56. The number of ether oxygens (including phenoxy) is 1. The smallest absolute Gasteiger partial charge is 0.300 e. The summed E-state index contributed by atoms with van der Waals surface area (Å²) in [7, 11) is 0. The second kappa shape index (κ2) is 36.5. The summed E-state index contributed by atoms with van der Waals surface area (Å²) in [4.78, 5) is 54.0. The molecule has 0 aliphatic rings. The fourth-order valence-electron chi connectivity index (χ4n) is 1.06. The first-order chi connectivity index (χ1) is 18.5. The molecule has 0 unspecified atom stereocenters. The molecule has 0 aliphatic carbocycles. The van der Waals surface area contributed by atoms with Crippen molar-refractivity contribution in [3.8, 4) is 0 Å². The minimum absolute atomic E-state index is 0.141. The second-order valence-electron chi connectivity index (χ2n) is 7.56. The third kappa shape index (κ3) is 85.8. The van der Waals surface area contributed by atoms with E-state index in [4.69, 9.17) is 94.8 Å². The maximum Gasteiger partial charge on any atom is 0.300 e. The monoisotopic (exact) mass is 614 g/mol. The van der Waals surface area contributed by atoms with Gasteiger partial charge in [0.15, 0.2) is 0 Å². The Hall–Kier alpha value is -3.46. The van der Waals surface area contributed by atoms with Gasteiger partial charge in [0.2, 0.25) is 0 Å². The molecule has 0 saturated heterocycles. The molecule has 0 fully saturated rings. The van der Waals surface area contributed by atoms with Crippen LogP contribution in [-0.2, 0) is 33.5 Å². The molecule has 19 nitrogen and oxygen atoms in total. The van der Waals surface area contributed by atoms with E-state index in [0.29, 0.717) is 0 Å². The molecule has 0 bridgehead atoms. The summed E-state index contributed by atoms with van der Waals surface area (Å²) in [5.41, 5.74) is -2.32. The number of carboxylic acid groups (broad SMARTS) is 6. The number of rotatable bonds is 10. The Bertz CT molecular complexity index is 516. The van der Waals surface area contributed by atoms with Gasteiger partial charge in [-0.3, -0.25) is 28.8 Å². The molecule has 19 heteroatoms. The number of carboxylic acids is 6. The fraction of sp³-hybridized carbons (Fsp3) is 0.727. The van der Waals surface area contributed by atoms with Crippen molar-refractivity contribution >= 4 is 35.8 Å². The predicted molar refractivity (Wildman–Crippen MR) is 138 cm³/mol. The van der Waals surface area contributed by atoms with Crippen molar-refractivity contribution in [2.45, 2.75) is 41.5 Å². The standard InChI is InChI=1S/C10H22O7.6C2H4O2/c11-1-9(2-12,3-13)7-17-8-10(4-14,5-15)6-16;6*1-2(3)4/h11-16H,1-8H2;6*1H3,(H,3,4). The van der Waals surface area contributed by atoms with Crippen LogP contribution in [-0.4, -0.2) is 150 Å². The van der Waals surface area contributed by atoms with E-state index in [0.717, 1.165) is 41.5 Å². The third-order valence-electron chi connectivity index (χ3n) is 2.83. The molecule has 41 heavy (non-hydrogen) atoms. The van der Waals surface area contributed by atoms with Crippen LogP contribution >= 0.6 is 0 Å². The molecule has 0 rings (SSSR count). The van der Waals surface area contributed by atoms with Gasteiger partial charge >= 0.3 is 0 Å². The highest BCUT2D eigenvalue weighted by molar-refractivity contribution is 5.64. The van der Waals surface area contributed by atoms with E-state index >= 15 is 0 Å². The van der Waals surface area contributed by atoms with E-state index in [1.165, 1.54) is 0 Å². The van der Waals surface area contributed by atoms with Gasteiger partial charge in [-0.1, -0.05) is 0 Å². The fourth-order valence-corrected chi connectivity index (χ4v) is 1.06. The molecule has 0 aromatic heterocycles. The summed E-state index contributed by atoms with van der Waals surface area (Å²) in [6.45, 7) is 3.49. The van der Waals surface area contributed by atoms with Crippen molar-refractivity contribution < 1.29 is 94.8 Å². The first kappa shape index (κ1) is 53.7. The summed E-state index contributed by atoms with van der Waals surface area (Å²) in [6, 6.07) is 0. The van der Waals surface area contributed by atoms with Gasteiger partial charge in [0.05, 0.1) is 63.7 Å². The van der Waals surface area contributed by atoms with Gasteiger partial charge in [0.25, 0.3) is 35.8 Å². The summed E-state index contributed by atoms with van der Waals surface area (Å²) in [6.07, 6.45) is 0. The number of hydrogen-bond acceptors (Lipinski definition) is 13. The molecular formula is C22H46O19. The summed E-state index contributed by atoms with van der Waals surface area (Å²) in [5, 5.41) is 98.7. The molecule has 12 N–H and O–H groups in total. The quantitative estimate of drug-likeness (QED) is 0.121. The number of hydrogen-bond donors (Lipinski definition) is 12. The Morgan fingerprint density at radius 2 is 0.488 bits per heavy atom. The van der Waals surface area contributed by atoms with Gasteiger partial charge in [-0.05, 0) is 0 Å². The predicted octanol–water partition coefficient (Wildman–Crippen LogP) is -2.52. The van der Waals surface area contributed by atoms with Crippen molar-refractivity contribution in [1.29, 1.82) is 0 Å². The van der Waals surface area contributed by atoms with Gasteiger partial charge < -0.3 is 66.0 Å². The van der Waals surface area contributed by atoms with Crippen LogP contribution < -0.4 is 0 Å². The number of aliphatic carboxylic acids is 6. The molecule has 0 aromatic rings. The van der Waals surface area contributed by atoms with Crippen LogP contribution in [0.3, 0.4) is 0 Å². The zero-order chi connectivity index (χ0) is 34.8. The van der Waals surface area contributed by atoms with Crippen LogP contribution in [0.2, 0.25) is 0 Å². The average Bonchev–Trinajstić information content (AvgIpc) is 2.78. The van der Waals surface area contributed by atoms with E-state index in [-0.39, 0.29) is 13.2 Å². The van der Waals surface area contributed by atoms with Crippen molar-refractivity contribution in [3.63, 3.8) is 0 Å². The lowest BCUT2D eigenvalue weighted by Gasteiger charge is -2.31. The lowest BCUT2D eigenvalue weighted by molar-refractivity contribution is -0.135. The first-order valence-corrected chi connectivity index (χ1v) is 10.9. The normalized spacial score (nSPS) is 9.07. The molecule has 0 radical (unpaired) electrons. The van der Waals surface area contributed by atoms with Crippen LogP contribution in [0.15, 0.2) is 0 Å². The molecular weight excluding hydrogens is 568 g/mol. The largest absolute Gasteiger partial charge is 0.481 e. The highest BCUT2D eigenvalue weighted by atomic mass is 16.5. The van der Waals surface area contributed by atoms with Gasteiger partial charge in [-0.25, -0.2) is 0 Å². The average molecular weight is 615 g/mol. The highest BCUT2D eigenvalue weighted by Crippen LogP contribution is 2.19. The zero-order valence-electron chi connectivity index (χ0n) is 23.9. The lowest BCUT2D eigenvalue weighted by atomic mass is 9.91. The Balaban J connectivity index is -0.0000000784. The summed E-state index contributed by atoms with van der Waals surface area (Å²) in [5.74, 6) is -5.00. The molecule has 0 aliphatic heterocycles. The maximum absolute atomic E-state index is 9.03. The number of aliphatic hydroxyl groups excluding tert-OH is 6. The lowest BCUT2D eigenvalue weighted by Crippen LogP contribution is -2.43. The molecule has 0 spiro atoms. The van der Waals surface area contributed by atoms with E-state index in [9.17, 15) is 0 Å². The van der Waals surface area contributed by atoms with Gasteiger partial charge in [0.1, 0.15) is 0 Å². The van der Waals surface area contributed by atoms with Crippen molar-refractivity contribution in [2.75, 3.05) is 52.9 Å². The Morgan fingerprint density at radius 1 is 0.390 bits per heavy atom. The molecule has 248 valence electrons. The van der Waals surface area contributed by atoms with Crippen LogP contribution in [0.25, 0.3) is 0 Å². The summed E-state index contributed by atoms with van der Waals surface area (Å²) < 4.78 is 5.15. The minimum Gasteiger partial charge on any atom is -0.481 e. The first-order valence-electron chi connectivity index (χ1n) is 10.9. The van der Waals surface area contributed by atoms with Gasteiger partial charge in [-0.2, -0.15) is 0 Å². The van der Waals surface area contributed by atoms with E-state index in [2.05, 4.69) is 0 Å². The van der Waals surface area contributed by atoms with Crippen molar-refractivity contribution in [3.05, 3.63) is 0 Å². The topological polar surface area (TPSA) is 354 Å². The number of aliphatic hydroxyl groups is 6. The maximum atomic E-state index is 9.03. The van der Waals surface area contributed by atoms with Crippen LogP contribution in [0, 0.1) is 10.8 Å². The third-order valence-corrected chi connectivity index (χ3v) is 2.83. The molecule has 0 saturated carbocycles. The Morgan fingerprint density at radius 3 is 0.561 bits per heavy atom. The molecule has 0 atom stereocenters. The van der Waals surface area contributed by atoms with E-state index < -0.39 is 86.3 Å². The highest BCUT2D eigenvalue weighted by Gasteiger charge is 2.32.